The molecular formula is C11H16N4O4. The molecule has 0 radical (unpaired) electrons. The van der Waals surface area contributed by atoms with E-state index >= 15 is 0 Å². The molecule has 0 aromatic carbocycles. The first-order valence-corrected chi connectivity index (χ1v) is 6.30. The predicted molar refractivity (Wildman–Crippen MR) is 63.6 cm³/mol. The molecule has 2 aliphatic rings. The molecule has 8 heteroatoms. The first kappa shape index (κ1) is 12.4. The maximum absolute atomic E-state index is 12.2. The molecule has 1 spiro atoms. The van der Waals surface area contributed by atoms with Crippen LogP contribution >= 0.6 is 0 Å². The van der Waals surface area contributed by atoms with Crippen molar-refractivity contribution in [2.24, 2.45) is 7.05 Å². The molecule has 1 aromatic heterocycles. The second-order valence-corrected chi connectivity index (χ2v) is 4.80. The summed E-state index contributed by atoms with van der Waals surface area (Å²) >= 11 is 0. The number of aryl methyl sites for hydroxylation is 1. The van der Waals surface area contributed by atoms with Crippen LogP contribution in [0.4, 0.5) is 0 Å². The van der Waals surface area contributed by atoms with Gasteiger partial charge in [0, 0.05) is 33.0 Å². The van der Waals surface area contributed by atoms with E-state index in [1.807, 2.05) is 0 Å². The Morgan fingerprint density at radius 2 is 1.95 bits per heavy atom. The molecule has 1 N–H and O–H groups in total. The molecule has 104 valence electrons. The lowest BCUT2D eigenvalue weighted by Gasteiger charge is -2.37. The molecule has 0 aliphatic carbocycles. The van der Waals surface area contributed by atoms with Crippen LogP contribution in [-0.4, -0.2) is 57.7 Å². The minimum atomic E-state index is -0.506. The van der Waals surface area contributed by atoms with Gasteiger partial charge in [-0.3, -0.25) is 9.78 Å². The lowest BCUT2D eigenvalue weighted by atomic mass is 10.0. The van der Waals surface area contributed by atoms with Gasteiger partial charge in [0.2, 0.25) is 5.82 Å². The van der Waals surface area contributed by atoms with Gasteiger partial charge >= 0.3 is 5.69 Å². The fraction of sp³-hybridized carbons (Fsp3) is 0.727. The monoisotopic (exact) mass is 268 g/mol. The van der Waals surface area contributed by atoms with Gasteiger partial charge in [-0.2, -0.15) is 0 Å². The van der Waals surface area contributed by atoms with Gasteiger partial charge in [0.1, 0.15) is 0 Å². The summed E-state index contributed by atoms with van der Waals surface area (Å²) in [6.45, 7) is 2.30. The number of ether oxygens (including phenoxy) is 2. The predicted octanol–water partition coefficient (Wildman–Crippen LogP) is -0.912. The summed E-state index contributed by atoms with van der Waals surface area (Å²) in [5.74, 6) is -0.684. The van der Waals surface area contributed by atoms with Crippen molar-refractivity contribution in [1.82, 2.24) is 19.7 Å². The number of likely N-dealkylation sites (tertiary alicyclic amines) is 1. The molecule has 19 heavy (non-hydrogen) atoms. The van der Waals surface area contributed by atoms with Crippen molar-refractivity contribution in [2.75, 3.05) is 26.3 Å². The summed E-state index contributed by atoms with van der Waals surface area (Å²) in [7, 11) is 1.50. The number of piperidine rings is 1. The van der Waals surface area contributed by atoms with Crippen LogP contribution in [-0.2, 0) is 16.5 Å². The average Bonchev–Trinajstić information content (AvgIpc) is 2.98. The van der Waals surface area contributed by atoms with Gasteiger partial charge < -0.3 is 14.4 Å². The molecule has 1 aromatic rings. The lowest BCUT2D eigenvalue weighted by Crippen LogP contribution is -2.47. The van der Waals surface area contributed by atoms with E-state index in [0.29, 0.717) is 39.1 Å². The van der Waals surface area contributed by atoms with Crippen molar-refractivity contribution < 1.29 is 14.3 Å². The highest BCUT2D eigenvalue weighted by atomic mass is 16.7. The number of nitrogens with zero attached hydrogens (tertiary/aromatic N) is 3. The van der Waals surface area contributed by atoms with Crippen molar-refractivity contribution in [3.05, 3.63) is 16.3 Å². The number of hydrogen-bond donors (Lipinski definition) is 1. The van der Waals surface area contributed by atoms with Gasteiger partial charge in [-0.05, 0) is 0 Å². The molecule has 2 fully saturated rings. The average molecular weight is 268 g/mol. The van der Waals surface area contributed by atoms with Gasteiger partial charge in [0.15, 0.2) is 5.79 Å². The molecule has 0 saturated carbocycles. The van der Waals surface area contributed by atoms with Gasteiger partial charge in [-0.1, -0.05) is 0 Å². The fourth-order valence-corrected chi connectivity index (χ4v) is 2.48. The Labute approximate surface area is 109 Å². The van der Waals surface area contributed by atoms with Crippen molar-refractivity contribution in [3.63, 3.8) is 0 Å². The van der Waals surface area contributed by atoms with Crippen LogP contribution in [0.15, 0.2) is 4.79 Å². The van der Waals surface area contributed by atoms with Crippen LogP contribution in [0.1, 0.15) is 23.5 Å². The van der Waals surface area contributed by atoms with Crippen molar-refractivity contribution in [2.45, 2.75) is 18.6 Å². The number of carbonyl (C=O) groups is 1. The molecule has 0 unspecified atom stereocenters. The first-order valence-electron chi connectivity index (χ1n) is 6.30. The molecule has 2 aliphatic heterocycles. The van der Waals surface area contributed by atoms with Gasteiger partial charge in [0.05, 0.1) is 13.2 Å². The molecule has 0 bridgehead atoms. The third-order valence-corrected chi connectivity index (χ3v) is 3.60. The Balaban J connectivity index is 1.68. The molecule has 2 saturated heterocycles. The summed E-state index contributed by atoms with van der Waals surface area (Å²) in [4.78, 5) is 27.5. The molecule has 0 atom stereocenters. The van der Waals surface area contributed by atoms with Crippen LogP contribution < -0.4 is 5.69 Å². The van der Waals surface area contributed by atoms with E-state index < -0.39 is 5.79 Å². The Bertz CT molecular complexity index is 533. The second-order valence-electron chi connectivity index (χ2n) is 4.80. The standard InChI is InChI=1S/C11H16N4O4/c1-14-10(17)12-8(13-14)9(16)15-4-2-11(3-5-15)18-6-7-19-11/h2-7H2,1H3,(H,12,13,17). The van der Waals surface area contributed by atoms with Crippen LogP contribution in [0, 0.1) is 0 Å². The lowest BCUT2D eigenvalue weighted by molar-refractivity contribution is -0.181. The van der Waals surface area contributed by atoms with Crippen LogP contribution in [0.2, 0.25) is 0 Å². The van der Waals surface area contributed by atoms with Crippen LogP contribution in [0.25, 0.3) is 0 Å². The van der Waals surface area contributed by atoms with E-state index in [1.165, 1.54) is 7.05 Å². The third-order valence-electron chi connectivity index (χ3n) is 3.60. The summed E-state index contributed by atoms with van der Waals surface area (Å²) < 4.78 is 12.3. The van der Waals surface area contributed by atoms with Crippen molar-refractivity contribution in [1.29, 1.82) is 0 Å². The number of amides is 1. The zero-order valence-corrected chi connectivity index (χ0v) is 10.7. The van der Waals surface area contributed by atoms with Gasteiger partial charge in [-0.15, -0.1) is 5.10 Å². The number of hydrogen-bond acceptors (Lipinski definition) is 5. The number of nitrogens with one attached hydrogen (secondary N) is 1. The number of rotatable bonds is 1. The zero-order valence-electron chi connectivity index (χ0n) is 10.7. The van der Waals surface area contributed by atoms with E-state index in [-0.39, 0.29) is 17.4 Å². The normalized spacial score (nSPS) is 22.1. The Hall–Kier alpha value is -1.67. The van der Waals surface area contributed by atoms with Crippen LogP contribution in [0.5, 0.6) is 0 Å². The minimum absolute atomic E-state index is 0.0803. The smallest absolute Gasteiger partial charge is 0.343 e. The maximum Gasteiger partial charge on any atom is 0.343 e. The Morgan fingerprint density at radius 3 is 2.47 bits per heavy atom. The Kier molecular flexibility index (Phi) is 2.90. The third kappa shape index (κ3) is 2.17. The number of carbonyl (C=O) groups excluding carboxylic acids is 1. The van der Waals surface area contributed by atoms with Gasteiger partial charge in [0.25, 0.3) is 5.91 Å². The summed E-state index contributed by atoms with van der Waals surface area (Å²) in [6.07, 6.45) is 1.30. The Morgan fingerprint density at radius 1 is 1.32 bits per heavy atom. The molecule has 1 amide bonds. The highest BCUT2D eigenvalue weighted by molar-refractivity contribution is 5.90. The zero-order chi connectivity index (χ0) is 13.5. The molecule has 3 rings (SSSR count). The highest BCUT2D eigenvalue weighted by Gasteiger charge is 2.41. The quantitative estimate of drug-likeness (QED) is 0.712. The molecular weight excluding hydrogens is 252 g/mol. The maximum atomic E-state index is 12.2. The number of H-pyrrole nitrogens is 1. The van der Waals surface area contributed by atoms with E-state index in [0.717, 1.165) is 4.68 Å². The summed E-state index contributed by atoms with van der Waals surface area (Å²) in [5.41, 5.74) is -0.390. The molecule has 3 heterocycles. The van der Waals surface area contributed by atoms with E-state index in [4.69, 9.17) is 9.47 Å². The summed E-state index contributed by atoms with van der Waals surface area (Å²) in [5, 5.41) is 3.87. The highest BCUT2D eigenvalue weighted by Crippen LogP contribution is 2.31. The minimum Gasteiger partial charge on any atom is -0.347 e. The topological polar surface area (TPSA) is 89.4 Å². The van der Waals surface area contributed by atoms with Crippen molar-refractivity contribution >= 4 is 5.91 Å². The van der Waals surface area contributed by atoms with Gasteiger partial charge in [-0.25, -0.2) is 9.48 Å². The first-order chi connectivity index (χ1) is 9.10. The molecule has 8 nitrogen and oxygen atoms in total. The van der Waals surface area contributed by atoms with E-state index in [2.05, 4.69) is 10.1 Å². The second kappa shape index (κ2) is 4.46. The largest absolute Gasteiger partial charge is 0.347 e. The van der Waals surface area contributed by atoms with E-state index in [9.17, 15) is 9.59 Å². The summed E-state index contributed by atoms with van der Waals surface area (Å²) in [6, 6.07) is 0. The fourth-order valence-electron chi connectivity index (χ4n) is 2.48. The number of aromatic nitrogens is 3. The van der Waals surface area contributed by atoms with E-state index in [1.54, 1.807) is 4.90 Å². The van der Waals surface area contributed by atoms with Crippen LogP contribution in [0.3, 0.4) is 0 Å². The number of aromatic amines is 1. The van der Waals surface area contributed by atoms with Crippen molar-refractivity contribution in [3.8, 4) is 0 Å². The SMILES string of the molecule is Cn1nc(C(=O)N2CCC3(CC2)OCCO3)[nH]c1=O.